The summed E-state index contributed by atoms with van der Waals surface area (Å²) in [5.41, 5.74) is 1.45. The molecule has 1 fully saturated rings. The third-order valence-electron chi connectivity index (χ3n) is 2.68. The Kier molecular flexibility index (Phi) is 2.65. The zero-order valence-electron chi connectivity index (χ0n) is 8.16. The molecule has 1 saturated carbocycles. The lowest BCUT2D eigenvalue weighted by Crippen LogP contribution is -2.22. The van der Waals surface area contributed by atoms with Crippen LogP contribution in [0.1, 0.15) is 32.8 Å². The van der Waals surface area contributed by atoms with E-state index in [2.05, 4.69) is 42.6 Å². The highest BCUT2D eigenvalue weighted by molar-refractivity contribution is 5.20. The van der Waals surface area contributed by atoms with Gasteiger partial charge in [-0.1, -0.05) is 37.3 Å². The number of benzene rings is 1. The van der Waals surface area contributed by atoms with Crippen LogP contribution in [0, 0.1) is 5.92 Å². The van der Waals surface area contributed by atoms with Crippen LogP contribution in [0.15, 0.2) is 30.3 Å². The van der Waals surface area contributed by atoms with Gasteiger partial charge in [-0.25, -0.2) is 0 Å². The van der Waals surface area contributed by atoms with Crippen LogP contribution in [0.3, 0.4) is 0 Å². The van der Waals surface area contributed by atoms with Crippen molar-refractivity contribution in [3.05, 3.63) is 35.9 Å². The summed E-state index contributed by atoms with van der Waals surface area (Å²) in [6.45, 7) is 3.24. The van der Waals surface area contributed by atoms with Crippen LogP contribution in [-0.2, 0) is 0 Å². The zero-order chi connectivity index (χ0) is 9.10. The molecule has 0 saturated heterocycles. The van der Waals surface area contributed by atoms with Crippen molar-refractivity contribution in [3.8, 4) is 0 Å². The van der Waals surface area contributed by atoms with Crippen LogP contribution in [0.2, 0.25) is 0 Å². The Labute approximate surface area is 81.6 Å². The summed E-state index contributed by atoms with van der Waals surface area (Å²) in [7, 11) is 0. The van der Waals surface area contributed by atoms with E-state index < -0.39 is 0 Å². The van der Waals surface area contributed by atoms with Gasteiger partial charge in [0.2, 0.25) is 0 Å². The van der Waals surface area contributed by atoms with Crippen molar-refractivity contribution in [2.45, 2.75) is 25.8 Å². The van der Waals surface area contributed by atoms with Gasteiger partial charge < -0.3 is 5.32 Å². The summed E-state index contributed by atoms with van der Waals surface area (Å²) in [5.74, 6) is 0.891. The van der Waals surface area contributed by atoms with Crippen LogP contribution >= 0.6 is 0 Å². The second-order valence-electron chi connectivity index (χ2n) is 3.78. The molecule has 2 rings (SSSR count). The Morgan fingerprint density at radius 1 is 1.38 bits per heavy atom. The first kappa shape index (κ1) is 8.76. The van der Waals surface area contributed by atoms with Crippen molar-refractivity contribution < 1.29 is 1.43 Å². The van der Waals surface area contributed by atoms with Gasteiger partial charge in [0.05, 0.1) is 0 Å². The van der Waals surface area contributed by atoms with Gasteiger partial charge in [0, 0.05) is 7.47 Å². The van der Waals surface area contributed by atoms with Crippen molar-refractivity contribution in [1.29, 1.82) is 0 Å². The molecule has 0 amide bonds. The van der Waals surface area contributed by atoms with Crippen molar-refractivity contribution >= 4 is 0 Å². The van der Waals surface area contributed by atoms with E-state index in [1.165, 1.54) is 18.4 Å². The lowest BCUT2D eigenvalue weighted by atomic mass is 10.0. The van der Waals surface area contributed by atoms with Gasteiger partial charge in [-0.15, -0.1) is 0 Å². The maximum Gasteiger partial charge on any atom is 0.0348 e. The van der Waals surface area contributed by atoms with Gasteiger partial charge in [0.1, 0.15) is 0 Å². The van der Waals surface area contributed by atoms with Crippen LogP contribution in [0.4, 0.5) is 0 Å². The zero-order valence-corrected chi connectivity index (χ0v) is 8.16. The number of hydrogen-bond acceptors (Lipinski definition) is 1. The Bertz CT molecular complexity index is 256. The van der Waals surface area contributed by atoms with Gasteiger partial charge >= 0.3 is 0 Å². The van der Waals surface area contributed by atoms with Crippen LogP contribution in [-0.4, -0.2) is 6.54 Å². The number of nitrogens with one attached hydrogen (secondary N) is 1. The molecule has 13 heavy (non-hydrogen) atoms. The maximum atomic E-state index is 3.56. The molecule has 1 aromatic carbocycles. The predicted molar refractivity (Wildman–Crippen MR) is 57.7 cm³/mol. The second-order valence-corrected chi connectivity index (χ2v) is 3.78. The molecule has 0 radical (unpaired) electrons. The van der Waals surface area contributed by atoms with Crippen molar-refractivity contribution in [2.24, 2.45) is 5.92 Å². The summed E-state index contributed by atoms with van der Waals surface area (Å²) in [6.07, 6.45) is 2.79. The second kappa shape index (κ2) is 3.93. The van der Waals surface area contributed by atoms with Gasteiger partial charge in [-0.2, -0.15) is 0 Å². The first-order valence-corrected chi connectivity index (χ1v) is 5.20. The van der Waals surface area contributed by atoms with E-state index in [4.69, 9.17) is 0 Å². The minimum absolute atomic E-state index is 0. The molecule has 1 nitrogen and oxygen atoms in total. The number of rotatable bonds is 4. The summed E-state index contributed by atoms with van der Waals surface area (Å²) in [6, 6.07) is 11.4. The third kappa shape index (κ3) is 2.10. The lowest BCUT2D eigenvalue weighted by Gasteiger charge is -2.17. The Hall–Kier alpha value is -0.820. The summed E-state index contributed by atoms with van der Waals surface area (Å²) in [4.78, 5) is 0. The molecule has 0 spiro atoms. The first-order valence-electron chi connectivity index (χ1n) is 5.20. The highest BCUT2D eigenvalue weighted by atomic mass is 14.9. The largest absolute Gasteiger partial charge is 0.310 e. The molecule has 72 valence electrons. The highest BCUT2D eigenvalue weighted by Gasteiger charge is 2.31. The molecule has 0 bridgehead atoms. The van der Waals surface area contributed by atoms with Crippen molar-refractivity contribution in [3.63, 3.8) is 0 Å². The lowest BCUT2D eigenvalue weighted by molar-refractivity contribution is 0.496. The van der Waals surface area contributed by atoms with E-state index in [1.807, 2.05) is 0 Å². The van der Waals surface area contributed by atoms with Crippen molar-refractivity contribution in [1.82, 2.24) is 5.32 Å². The van der Waals surface area contributed by atoms with Crippen molar-refractivity contribution in [2.75, 3.05) is 6.54 Å². The average Bonchev–Trinajstić information content (AvgIpc) is 2.99. The van der Waals surface area contributed by atoms with E-state index >= 15 is 0 Å². The van der Waals surface area contributed by atoms with Crippen LogP contribution < -0.4 is 5.32 Å². The number of hydrogen-bond donors (Lipinski definition) is 1. The van der Waals surface area contributed by atoms with Crippen LogP contribution in [0.5, 0.6) is 0 Å². The molecule has 1 aromatic rings. The highest BCUT2D eigenvalue weighted by Crippen LogP contribution is 2.40. The molecular formula is C12H19N. The smallest absolute Gasteiger partial charge is 0.0348 e. The molecular weight excluding hydrogens is 158 g/mol. The first-order chi connectivity index (χ1) is 6.42. The summed E-state index contributed by atoms with van der Waals surface area (Å²) < 4.78 is 0. The van der Waals surface area contributed by atoms with Gasteiger partial charge in [0.15, 0.2) is 0 Å². The predicted octanol–water partition coefficient (Wildman–Crippen LogP) is 2.99. The minimum atomic E-state index is 0. The molecule has 1 heteroatoms. The summed E-state index contributed by atoms with van der Waals surface area (Å²) >= 11 is 0. The topological polar surface area (TPSA) is 12.0 Å². The molecule has 1 aliphatic carbocycles. The van der Waals surface area contributed by atoms with E-state index in [1.54, 1.807) is 0 Å². The molecule has 0 heterocycles. The monoisotopic (exact) mass is 177 g/mol. The maximum absolute atomic E-state index is 3.56. The van der Waals surface area contributed by atoms with E-state index in [9.17, 15) is 0 Å². The normalized spacial score (nSPS) is 18.5. The molecule has 1 N–H and O–H groups in total. The quantitative estimate of drug-likeness (QED) is 0.745. The van der Waals surface area contributed by atoms with Gasteiger partial charge in [0.25, 0.3) is 0 Å². The fourth-order valence-electron chi connectivity index (χ4n) is 1.87. The van der Waals surface area contributed by atoms with Gasteiger partial charge in [-0.05, 0) is 30.9 Å². The third-order valence-corrected chi connectivity index (χ3v) is 2.68. The Balaban J connectivity index is 0.000000980. The fourth-order valence-corrected chi connectivity index (χ4v) is 1.87. The molecule has 1 unspecified atom stereocenters. The van der Waals surface area contributed by atoms with Crippen LogP contribution in [0.25, 0.3) is 0 Å². The van der Waals surface area contributed by atoms with E-state index in [0.29, 0.717) is 6.04 Å². The van der Waals surface area contributed by atoms with E-state index in [-0.39, 0.29) is 1.43 Å². The molecule has 1 aliphatic rings. The van der Waals surface area contributed by atoms with E-state index in [0.717, 1.165) is 12.5 Å². The molecule has 1 atom stereocenters. The minimum Gasteiger partial charge on any atom is -0.310 e. The Morgan fingerprint density at radius 3 is 2.62 bits per heavy atom. The Morgan fingerprint density at radius 2 is 2.08 bits per heavy atom. The molecule has 0 aromatic heterocycles. The standard InChI is InChI=1S/C12H17N.H2/c1-2-13-12(11-8-9-11)10-6-4-3-5-7-10;/h3-7,11-13H,2,8-9H2,1H3;1H. The summed E-state index contributed by atoms with van der Waals surface area (Å²) in [5, 5.41) is 3.56. The molecule has 0 aliphatic heterocycles. The SMILES string of the molecule is CCNC(c1ccccc1)C1CC1.[HH]. The fraction of sp³-hybridized carbons (Fsp3) is 0.500. The average molecular weight is 177 g/mol. The van der Waals surface area contributed by atoms with Gasteiger partial charge in [-0.3, -0.25) is 0 Å².